The van der Waals surface area contributed by atoms with E-state index in [-0.39, 0.29) is 18.0 Å². The van der Waals surface area contributed by atoms with Crippen LogP contribution in [0.4, 0.5) is 0 Å². The minimum atomic E-state index is -0.221. The lowest BCUT2D eigenvalue weighted by molar-refractivity contribution is -0.121. The number of aryl methyl sites for hydroxylation is 1. The third-order valence-corrected chi connectivity index (χ3v) is 3.74. The Bertz CT molecular complexity index is 556. The molecule has 0 fully saturated rings. The molecule has 1 rings (SSSR count). The Morgan fingerprint density at radius 2 is 1.76 bits per heavy atom. The lowest BCUT2D eigenvalue weighted by Gasteiger charge is -2.21. The number of amides is 1. The van der Waals surface area contributed by atoms with Crippen LogP contribution in [0.2, 0.25) is 0 Å². The Balaban J connectivity index is 2.28. The highest BCUT2D eigenvalue weighted by Crippen LogP contribution is 2.15. The lowest BCUT2D eigenvalue weighted by Crippen LogP contribution is -2.48. The summed E-state index contributed by atoms with van der Waals surface area (Å²) in [5.74, 6) is 1.18. The number of carbonyl (C=O) groups excluding carboxylic acids is 1. The Labute approximate surface area is 152 Å². The van der Waals surface area contributed by atoms with Crippen molar-refractivity contribution >= 4 is 11.9 Å². The molecule has 3 N–H and O–H groups in total. The Kier molecular flexibility index (Phi) is 8.46. The smallest absolute Gasteiger partial charge is 0.239 e. The van der Waals surface area contributed by atoms with Crippen LogP contribution in [0.1, 0.15) is 58.1 Å². The van der Waals surface area contributed by atoms with E-state index in [1.54, 1.807) is 7.05 Å². The molecule has 1 aromatic carbocycles. The maximum Gasteiger partial charge on any atom is 0.239 e. The van der Waals surface area contributed by atoms with Crippen LogP contribution in [0.25, 0.3) is 0 Å². The monoisotopic (exact) mass is 346 g/mol. The molecule has 0 heterocycles. The minimum Gasteiger partial charge on any atom is -0.356 e. The van der Waals surface area contributed by atoms with Crippen molar-refractivity contribution in [1.29, 1.82) is 0 Å². The summed E-state index contributed by atoms with van der Waals surface area (Å²) in [6, 6.07) is 8.84. The number of rotatable bonds is 7. The van der Waals surface area contributed by atoms with E-state index in [0.717, 1.165) is 19.4 Å². The molecule has 25 heavy (non-hydrogen) atoms. The molecule has 0 radical (unpaired) electrons. The highest BCUT2D eigenvalue weighted by atomic mass is 16.2. The van der Waals surface area contributed by atoms with Crippen molar-refractivity contribution in [1.82, 2.24) is 16.0 Å². The highest BCUT2D eigenvalue weighted by Gasteiger charge is 2.13. The fraction of sp³-hybridized carbons (Fsp3) is 0.600. The first-order valence-corrected chi connectivity index (χ1v) is 9.05. The predicted octanol–water partition coefficient (Wildman–Crippen LogP) is 2.82. The zero-order valence-electron chi connectivity index (χ0n) is 16.6. The number of nitrogens with zero attached hydrogens (tertiary/aromatic N) is 1. The van der Waals surface area contributed by atoms with Gasteiger partial charge >= 0.3 is 0 Å². The average Bonchev–Trinajstić information content (AvgIpc) is 2.53. The molecule has 0 saturated carbocycles. The maximum absolute atomic E-state index is 11.8. The van der Waals surface area contributed by atoms with E-state index in [9.17, 15) is 4.79 Å². The maximum atomic E-state index is 11.8. The molecule has 0 aliphatic heterocycles. The van der Waals surface area contributed by atoms with Crippen molar-refractivity contribution in [3.05, 3.63) is 35.4 Å². The molecule has 5 heteroatoms. The van der Waals surface area contributed by atoms with Crippen molar-refractivity contribution in [3.8, 4) is 0 Å². The summed E-state index contributed by atoms with van der Waals surface area (Å²) in [7, 11) is 1.71. The number of aliphatic imine (C=N–C) groups is 1. The van der Waals surface area contributed by atoms with Crippen LogP contribution < -0.4 is 16.0 Å². The molecule has 0 spiro atoms. The van der Waals surface area contributed by atoms with Gasteiger partial charge in [0.15, 0.2) is 5.96 Å². The fourth-order valence-electron chi connectivity index (χ4n) is 2.42. The first-order valence-electron chi connectivity index (χ1n) is 9.05. The van der Waals surface area contributed by atoms with Gasteiger partial charge in [0.05, 0.1) is 6.54 Å². The van der Waals surface area contributed by atoms with Gasteiger partial charge in [-0.2, -0.15) is 0 Å². The van der Waals surface area contributed by atoms with Gasteiger partial charge < -0.3 is 16.0 Å². The molecule has 5 nitrogen and oxygen atoms in total. The summed E-state index contributed by atoms with van der Waals surface area (Å²) >= 11 is 0. The number of hydrogen-bond donors (Lipinski definition) is 3. The molecule has 0 aliphatic rings. The molecule has 0 aliphatic carbocycles. The molecule has 0 aromatic heterocycles. The van der Waals surface area contributed by atoms with E-state index in [2.05, 4.69) is 59.1 Å². The summed E-state index contributed by atoms with van der Waals surface area (Å²) < 4.78 is 0. The molecule has 0 atom stereocenters. The van der Waals surface area contributed by atoms with E-state index in [1.807, 2.05) is 20.8 Å². The largest absolute Gasteiger partial charge is 0.356 e. The van der Waals surface area contributed by atoms with E-state index in [1.165, 1.54) is 11.1 Å². The highest BCUT2D eigenvalue weighted by molar-refractivity contribution is 5.86. The first-order chi connectivity index (χ1) is 11.7. The Hall–Kier alpha value is -2.04. The second kappa shape index (κ2) is 10.1. The standard InChI is InChI=1S/C20H34N4O/c1-15(2)17-11-9-16(10-12-17)8-7-13-22-19(21-6)23-14-18(25)24-20(3,4)5/h9-12,15H,7-8,13-14H2,1-6H3,(H,24,25)(H2,21,22,23). The summed E-state index contributed by atoms with van der Waals surface area (Å²) in [5.41, 5.74) is 2.50. The third kappa shape index (κ3) is 9.13. The summed E-state index contributed by atoms with van der Waals surface area (Å²) in [6.07, 6.45) is 2.03. The fourth-order valence-corrected chi connectivity index (χ4v) is 2.42. The van der Waals surface area contributed by atoms with Crippen LogP contribution in [-0.2, 0) is 11.2 Å². The zero-order valence-corrected chi connectivity index (χ0v) is 16.6. The van der Waals surface area contributed by atoms with Gasteiger partial charge in [0.2, 0.25) is 5.91 Å². The van der Waals surface area contributed by atoms with Gasteiger partial charge in [0, 0.05) is 19.1 Å². The quantitative estimate of drug-likeness (QED) is 0.404. The van der Waals surface area contributed by atoms with E-state index >= 15 is 0 Å². The van der Waals surface area contributed by atoms with Gasteiger partial charge in [-0.3, -0.25) is 9.79 Å². The van der Waals surface area contributed by atoms with E-state index in [4.69, 9.17) is 0 Å². The van der Waals surface area contributed by atoms with Crippen LogP contribution in [-0.4, -0.2) is 37.5 Å². The Morgan fingerprint density at radius 3 is 2.28 bits per heavy atom. The zero-order chi connectivity index (χ0) is 18.9. The molecule has 0 saturated heterocycles. The summed E-state index contributed by atoms with van der Waals surface area (Å²) in [6.45, 7) is 11.3. The molecule has 1 amide bonds. The molecule has 0 unspecified atom stereocenters. The number of guanidine groups is 1. The normalized spacial score (nSPS) is 12.2. The number of hydrogen-bond acceptors (Lipinski definition) is 2. The van der Waals surface area contributed by atoms with Gasteiger partial charge in [-0.1, -0.05) is 38.1 Å². The van der Waals surface area contributed by atoms with Crippen LogP contribution in [0.5, 0.6) is 0 Å². The second-order valence-corrected chi connectivity index (χ2v) is 7.65. The summed E-state index contributed by atoms with van der Waals surface area (Å²) in [4.78, 5) is 16.0. The van der Waals surface area contributed by atoms with Gasteiger partial charge in [-0.05, 0) is 50.7 Å². The topological polar surface area (TPSA) is 65.5 Å². The van der Waals surface area contributed by atoms with Crippen LogP contribution in [0.3, 0.4) is 0 Å². The molecule has 140 valence electrons. The summed E-state index contributed by atoms with van der Waals surface area (Å²) in [5, 5.41) is 9.20. The van der Waals surface area contributed by atoms with Gasteiger partial charge in [-0.25, -0.2) is 0 Å². The number of nitrogens with one attached hydrogen (secondary N) is 3. The van der Waals surface area contributed by atoms with Crippen molar-refractivity contribution in [3.63, 3.8) is 0 Å². The minimum absolute atomic E-state index is 0.0410. The van der Waals surface area contributed by atoms with Crippen molar-refractivity contribution in [2.24, 2.45) is 4.99 Å². The first kappa shape index (κ1) is 21.0. The SMILES string of the molecule is CN=C(NCCCc1ccc(C(C)C)cc1)NCC(=O)NC(C)(C)C. The van der Waals surface area contributed by atoms with E-state index < -0.39 is 0 Å². The van der Waals surface area contributed by atoms with Gasteiger partial charge in [0.1, 0.15) is 0 Å². The van der Waals surface area contributed by atoms with Crippen molar-refractivity contribution in [2.45, 2.75) is 58.9 Å². The van der Waals surface area contributed by atoms with Crippen LogP contribution >= 0.6 is 0 Å². The van der Waals surface area contributed by atoms with Crippen molar-refractivity contribution < 1.29 is 4.79 Å². The van der Waals surface area contributed by atoms with Crippen LogP contribution in [0.15, 0.2) is 29.3 Å². The molecular formula is C20H34N4O. The molecule has 0 bridgehead atoms. The molecular weight excluding hydrogens is 312 g/mol. The number of carbonyl (C=O) groups is 1. The molecule has 1 aromatic rings. The number of benzene rings is 1. The van der Waals surface area contributed by atoms with Crippen LogP contribution in [0, 0.1) is 0 Å². The third-order valence-electron chi connectivity index (χ3n) is 3.74. The van der Waals surface area contributed by atoms with E-state index in [0.29, 0.717) is 11.9 Å². The average molecular weight is 347 g/mol. The lowest BCUT2D eigenvalue weighted by atomic mass is 10.0. The Morgan fingerprint density at radius 1 is 1.12 bits per heavy atom. The predicted molar refractivity (Wildman–Crippen MR) is 106 cm³/mol. The van der Waals surface area contributed by atoms with Gasteiger partial charge in [0.25, 0.3) is 0 Å². The van der Waals surface area contributed by atoms with Crippen molar-refractivity contribution in [2.75, 3.05) is 20.1 Å². The second-order valence-electron chi connectivity index (χ2n) is 7.65. The van der Waals surface area contributed by atoms with Gasteiger partial charge in [-0.15, -0.1) is 0 Å².